The number of nitrogens with two attached hydrogens (primary N) is 1. The largest absolute Gasteiger partial charge is 0.330 e. The minimum Gasteiger partial charge on any atom is -0.330 e. The van der Waals surface area contributed by atoms with Gasteiger partial charge < -0.3 is 5.73 Å². The molecule has 1 heterocycles. The lowest BCUT2D eigenvalue weighted by molar-refractivity contribution is 0.171. The maximum absolute atomic E-state index is 5.79. The Bertz CT molecular complexity index is 356. The van der Waals surface area contributed by atoms with Crippen molar-refractivity contribution in [3.05, 3.63) is 35.4 Å². The number of benzene rings is 1. The third-order valence-electron chi connectivity index (χ3n) is 3.99. The van der Waals surface area contributed by atoms with Crippen molar-refractivity contribution >= 4 is 0 Å². The molecule has 2 N–H and O–H groups in total. The Balaban J connectivity index is 1.92. The Morgan fingerprint density at radius 3 is 2.61 bits per heavy atom. The fraction of sp³-hybridized carbons (Fsp3) is 0.625. The van der Waals surface area contributed by atoms with E-state index in [2.05, 4.69) is 43.0 Å². The van der Waals surface area contributed by atoms with Crippen LogP contribution >= 0.6 is 0 Å². The van der Waals surface area contributed by atoms with Crippen LogP contribution in [0.2, 0.25) is 0 Å². The molecule has 0 aromatic heterocycles. The van der Waals surface area contributed by atoms with Gasteiger partial charge >= 0.3 is 0 Å². The standard InChI is InChI=1S/C16H26N2/c1-13(2)16-7-5-14(6-8-16)11-18-9-3-4-15(10-17)12-18/h5-8,13,15H,3-4,9-12,17H2,1-2H3. The van der Waals surface area contributed by atoms with Crippen molar-refractivity contribution in [2.45, 2.75) is 39.2 Å². The zero-order valence-electron chi connectivity index (χ0n) is 11.7. The van der Waals surface area contributed by atoms with Crippen LogP contribution in [0.25, 0.3) is 0 Å². The van der Waals surface area contributed by atoms with E-state index in [9.17, 15) is 0 Å². The molecule has 1 aromatic carbocycles. The molecule has 1 saturated heterocycles. The molecule has 1 fully saturated rings. The summed E-state index contributed by atoms with van der Waals surface area (Å²) in [5.74, 6) is 1.32. The molecule has 0 saturated carbocycles. The maximum atomic E-state index is 5.79. The summed E-state index contributed by atoms with van der Waals surface area (Å²) >= 11 is 0. The van der Waals surface area contributed by atoms with E-state index in [1.165, 1.54) is 37.1 Å². The molecule has 1 unspecified atom stereocenters. The van der Waals surface area contributed by atoms with Crippen LogP contribution in [-0.4, -0.2) is 24.5 Å². The first-order chi connectivity index (χ1) is 8.69. The van der Waals surface area contributed by atoms with Crippen LogP contribution in [0.5, 0.6) is 0 Å². The predicted octanol–water partition coefficient (Wildman–Crippen LogP) is 2.98. The summed E-state index contributed by atoms with van der Waals surface area (Å²) in [5, 5.41) is 0. The Labute approximate surface area is 111 Å². The fourth-order valence-corrected chi connectivity index (χ4v) is 2.75. The van der Waals surface area contributed by atoms with Crippen molar-refractivity contribution in [3.63, 3.8) is 0 Å². The van der Waals surface area contributed by atoms with Crippen molar-refractivity contribution in [1.82, 2.24) is 4.90 Å². The van der Waals surface area contributed by atoms with Gasteiger partial charge in [-0.3, -0.25) is 4.90 Å². The first kappa shape index (κ1) is 13.6. The van der Waals surface area contributed by atoms with Gasteiger partial charge in [-0.2, -0.15) is 0 Å². The minimum absolute atomic E-state index is 0.621. The van der Waals surface area contributed by atoms with Crippen molar-refractivity contribution in [3.8, 4) is 0 Å². The zero-order valence-corrected chi connectivity index (χ0v) is 11.7. The van der Waals surface area contributed by atoms with Crippen molar-refractivity contribution in [1.29, 1.82) is 0 Å². The molecule has 0 amide bonds. The van der Waals surface area contributed by atoms with Gasteiger partial charge in [0.2, 0.25) is 0 Å². The van der Waals surface area contributed by atoms with Crippen molar-refractivity contribution in [2.24, 2.45) is 11.7 Å². The molecule has 0 spiro atoms. The van der Waals surface area contributed by atoms with E-state index in [1.54, 1.807) is 0 Å². The van der Waals surface area contributed by atoms with E-state index in [0.717, 1.165) is 13.1 Å². The lowest BCUT2D eigenvalue weighted by Crippen LogP contribution is -2.37. The molecule has 1 aliphatic heterocycles. The molecular formula is C16H26N2. The van der Waals surface area contributed by atoms with E-state index in [-0.39, 0.29) is 0 Å². The quantitative estimate of drug-likeness (QED) is 0.885. The van der Waals surface area contributed by atoms with Crippen molar-refractivity contribution < 1.29 is 0 Å². The normalized spacial score (nSPS) is 21.4. The second-order valence-corrected chi connectivity index (χ2v) is 5.88. The molecule has 2 nitrogen and oxygen atoms in total. The Hall–Kier alpha value is -0.860. The van der Waals surface area contributed by atoms with E-state index >= 15 is 0 Å². The zero-order chi connectivity index (χ0) is 13.0. The third-order valence-corrected chi connectivity index (χ3v) is 3.99. The van der Waals surface area contributed by atoms with Gasteiger partial charge in [0.25, 0.3) is 0 Å². The highest BCUT2D eigenvalue weighted by Gasteiger charge is 2.18. The lowest BCUT2D eigenvalue weighted by atomic mass is 9.97. The smallest absolute Gasteiger partial charge is 0.0233 e. The Morgan fingerprint density at radius 1 is 1.28 bits per heavy atom. The monoisotopic (exact) mass is 246 g/mol. The number of rotatable bonds is 4. The summed E-state index contributed by atoms with van der Waals surface area (Å²) in [6.45, 7) is 8.79. The third kappa shape index (κ3) is 3.56. The van der Waals surface area contributed by atoms with Crippen LogP contribution < -0.4 is 5.73 Å². The average Bonchev–Trinajstić information content (AvgIpc) is 2.39. The summed E-state index contributed by atoms with van der Waals surface area (Å²) in [6, 6.07) is 9.09. The summed E-state index contributed by atoms with van der Waals surface area (Å²) in [5.41, 5.74) is 8.64. The second-order valence-electron chi connectivity index (χ2n) is 5.88. The van der Waals surface area contributed by atoms with Gasteiger partial charge in [0.15, 0.2) is 0 Å². The molecule has 0 bridgehead atoms. The lowest BCUT2D eigenvalue weighted by Gasteiger charge is -2.32. The van der Waals surface area contributed by atoms with Crippen LogP contribution in [0, 0.1) is 5.92 Å². The first-order valence-electron chi connectivity index (χ1n) is 7.20. The van der Waals surface area contributed by atoms with Gasteiger partial charge in [-0.1, -0.05) is 38.1 Å². The van der Waals surface area contributed by atoms with E-state index in [1.807, 2.05) is 0 Å². The highest BCUT2D eigenvalue weighted by molar-refractivity contribution is 5.24. The minimum atomic E-state index is 0.621. The van der Waals surface area contributed by atoms with Gasteiger partial charge in [-0.25, -0.2) is 0 Å². The molecule has 2 heteroatoms. The summed E-state index contributed by atoms with van der Waals surface area (Å²) in [6.07, 6.45) is 2.60. The van der Waals surface area contributed by atoms with Gasteiger partial charge in [0.1, 0.15) is 0 Å². The SMILES string of the molecule is CC(C)c1ccc(CN2CCCC(CN)C2)cc1. The molecule has 0 aliphatic carbocycles. The Kier molecular flexibility index (Phi) is 4.79. The molecule has 0 radical (unpaired) electrons. The highest BCUT2D eigenvalue weighted by Crippen LogP contribution is 2.19. The number of hydrogen-bond acceptors (Lipinski definition) is 2. The van der Waals surface area contributed by atoms with E-state index < -0.39 is 0 Å². The maximum Gasteiger partial charge on any atom is 0.0233 e. The van der Waals surface area contributed by atoms with Crippen molar-refractivity contribution in [2.75, 3.05) is 19.6 Å². The number of hydrogen-bond donors (Lipinski definition) is 1. The van der Waals surface area contributed by atoms with Gasteiger partial charge in [-0.15, -0.1) is 0 Å². The number of piperidine rings is 1. The van der Waals surface area contributed by atoms with Crippen LogP contribution in [0.1, 0.15) is 43.7 Å². The first-order valence-corrected chi connectivity index (χ1v) is 7.20. The molecule has 18 heavy (non-hydrogen) atoms. The number of nitrogens with zero attached hydrogens (tertiary/aromatic N) is 1. The van der Waals surface area contributed by atoms with Gasteiger partial charge in [-0.05, 0) is 48.9 Å². The molecule has 100 valence electrons. The van der Waals surface area contributed by atoms with Crippen LogP contribution in [-0.2, 0) is 6.54 Å². The Morgan fingerprint density at radius 2 is 2.00 bits per heavy atom. The molecule has 2 rings (SSSR count). The van der Waals surface area contributed by atoms with Crippen LogP contribution in [0.3, 0.4) is 0 Å². The highest BCUT2D eigenvalue weighted by atomic mass is 15.1. The van der Waals surface area contributed by atoms with Crippen LogP contribution in [0.4, 0.5) is 0 Å². The molecular weight excluding hydrogens is 220 g/mol. The summed E-state index contributed by atoms with van der Waals surface area (Å²) in [4.78, 5) is 2.55. The summed E-state index contributed by atoms with van der Waals surface area (Å²) < 4.78 is 0. The predicted molar refractivity (Wildman–Crippen MR) is 77.6 cm³/mol. The average molecular weight is 246 g/mol. The molecule has 1 atom stereocenters. The fourth-order valence-electron chi connectivity index (χ4n) is 2.75. The molecule has 1 aliphatic rings. The van der Waals surface area contributed by atoms with Gasteiger partial charge in [0, 0.05) is 13.1 Å². The second kappa shape index (κ2) is 6.35. The summed E-state index contributed by atoms with van der Waals surface area (Å²) in [7, 11) is 0. The van der Waals surface area contributed by atoms with E-state index in [0.29, 0.717) is 11.8 Å². The van der Waals surface area contributed by atoms with E-state index in [4.69, 9.17) is 5.73 Å². The van der Waals surface area contributed by atoms with Crippen LogP contribution in [0.15, 0.2) is 24.3 Å². The number of likely N-dealkylation sites (tertiary alicyclic amines) is 1. The van der Waals surface area contributed by atoms with Gasteiger partial charge in [0.05, 0.1) is 0 Å². The topological polar surface area (TPSA) is 29.3 Å². The molecule has 1 aromatic rings.